The molecule has 4 aromatic rings. The lowest BCUT2D eigenvalue weighted by Crippen LogP contribution is -2.25. The largest absolute Gasteiger partial charge is 0.397 e. The van der Waals surface area contributed by atoms with E-state index in [0.717, 1.165) is 6.07 Å². The van der Waals surface area contributed by atoms with Crippen LogP contribution < -0.4 is 22.1 Å². The van der Waals surface area contributed by atoms with Crippen LogP contribution in [0.25, 0.3) is 11.1 Å². The third-order valence-corrected chi connectivity index (χ3v) is 9.48. The molecule has 1 aromatic heterocycles. The second-order valence-electron chi connectivity index (χ2n) is 10.3. The molecular formula is C28H26FN7O8S2. The van der Waals surface area contributed by atoms with E-state index in [4.69, 9.17) is 11.5 Å². The second-order valence-corrected chi connectivity index (χ2v) is 13.0. The minimum absolute atomic E-state index is 0.0332. The van der Waals surface area contributed by atoms with E-state index in [1.54, 1.807) is 0 Å². The van der Waals surface area contributed by atoms with Gasteiger partial charge in [-0.3, -0.25) is 18.7 Å². The van der Waals surface area contributed by atoms with Crippen LogP contribution in [-0.4, -0.2) is 65.5 Å². The molecule has 0 amide bonds. The number of rotatable bonds is 8. The number of nitrogens with two attached hydrogens (primary N) is 2. The SMILES string of the molecule is Cc1c(Nc2nc(F)nc(NCCN)n2)c(C)c(S(=O)(=O)O)c(C)c1-c1cc(S(=O)(=O)O)c(N)c2c1C(=O)c1ccccc1C2=O. The first-order valence-electron chi connectivity index (χ1n) is 13.3. The molecule has 0 saturated heterocycles. The summed E-state index contributed by atoms with van der Waals surface area (Å²) in [5.74, 6) is -2.16. The lowest BCUT2D eigenvalue weighted by Gasteiger charge is -2.26. The Morgan fingerprint density at radius 2 is 1.39 bits per heavy atom. The average molecular weight is 672 g/mol. The van der Waals surface area contributed by atoms with Gasteiger partial charge in [-0.25, -0.2) is 0 Å². The number of nitrogens with one attached hydrogen (secondary N) is 2. The summed E-state index contributed by atoms with van der Waals surface area (Å²) in [6, 6.07) is 6.58. The highest BCUT2D eigenvalue weighted by molar-refractivity contribution is 7.86. The fourth-order valence-corrected chi connectivity index (χ4v) is 7.28. The van der Waals surface area contributed by atoms with Gasteiger partial charge in [0.25, 0.3) is 20.2 Å². The van der Waals surface area contributed by atoms with Crippen molar-refractivity contribution in [2.75, 3.05) is 29.5 Å². The van der Waals surface area contributed by atoms with Crippen LogP contribution in [0.4, 0.5) is 27.7 Å². The Bertz CT molecular complexity index is 2230. The summed E-state index contributed by atoms with van der Waals surface area (Å²) in [7, 11) is -10.2. The van der Waals surface area contributed by atoms with Crippen LogP contribution >= 0.6 is 0 Å². The van der Waals surface area contributed by atoms with Gasteiger partial charge in [0.05, 0.1) is 11.3 Å². The summed E-state index contributed by atoms with van der Waals surface area (Å²) in [6.45, 7) is 4.41. The molecule has 0 aliphatic heterocycles. The molecule has 8 N–H and O–H groups in total. The van der Waals surface area contributed by atoms with Crippen LogP contribution in [0.3, 0.4) is 0 Å². The van der Waals surface area contributed by atoms with Gasteiger partial charge < -0.3 is 22.1 Å². The van der Waals surface area contributed by atoms with Gasteiger partial charge in [0.15, 0.2) is 11.6 Å². The second kappa shape index (κ2) is 11.5. The Morgan fingerprint density at radius 3 is 1.96 bits per heavy atom. The maximum atomic E-state index is 14.3. The van der Waals surface area contributed by atoms with Crippen LogP contribution in [0, 0.1) is 26.8 Å². The molecule has 0 spiro atoms. The Labute approximate surface area is 261 Å². The number of benzene rings is 3. The standard InChI is InChI=1S/C28H26FN7O8S2/c1-11-18(12(2)25(46(42,43)44)13(3)22(11)33-28-35-26(29)34-27(36-28)32-9-8-30)16-10-17(45(39,40)41)21(31)20-19(16)23(37)14-6-4-5-7-15(14)24(20)38/h4-7,10H,8-9,30-31H2,1-3H3,(H,39,40,41)(H,42,43,44)(H2,32,33,34,35,36). The van der Waals surface area contributed by atoms with E-state index in [0.29, 0.717) is 0 Å². The summed E-state index contributed by atoms with van der Waals surface area (Å²) < 4.78 is 85.3. The van der Waals surface area contributed by atoms with Crippen molar-refractivity contribution < 1.29 is 39.9 Å². The first-order valence-corrected chi connectivity index (χ1v) is 16.2. The predicted molar refractivity (Wildman–Crippen MR) is 164 cm³/mol. The van der Waals surface area contributed by atoms with Crippen molar-refractivity contribution in [2.24, 2.45) is 5.73 Å². The summed E-state index contributed by atoms with van der Waals surface area (Å²) in [6.07, 6.45) is -1.21. The average Bonchev–Trinajstić information content (AvgIpc) is 2.96. The number of hydrogen-bond acceptors (Lipinski definition) is 13. The maximum Gasteiger partial charge on any atom is 0.315 e. The molecule has 0 atom stereocenters. The van der Waals surface area contributed by atoms with Gasteiger partial charge in [0.2, 0.25) is 11.9 Å². The van der Waals surface area contributed by atoms with Crippen molar-refractivity contribution in [2.45, 2.75) is 30.6 Å². The monoisotopic (exact) mass is 671 g/mol. The van der Waals surface area contributed by atoms with Crippen LogP contribution in [0.1, 0.15) is 48.5 Å². The zero-order valence-corrected chi connectivity index (χ0v) is 26.0. The van der Waals surface area contributed by atoms with Gasteiger partial charge in [-0.1, -0.05) is 24.3 Å². The van der Waals surface area contributed by atoms with E-state index in [9.17, 15) is 39.9 Å². The first kappa shape index (κ1) is 32.5. The molecule has 0 fully saturated rings. The van der Waals surface area contributed by atoms with Crippen LogP contribution in [0.5, 0.6) is 0 Å². The van der Waals surface area contributed by atoms with E-state index in [2.05, 4.69) is 25.6 Å². The molecule has 18 heteroatoms. The van der Waals surface area contributed by atoms with Crippen molar-refractivity contribution >= 4 is 55.1 Å². The Hall–Kier alpha value is -4.88. The number of aromatic nitrogens is 3. The van der Waals surface area contributed by atoms with Crippen molar-refractivity contribution in [3.05, 3.63) is 75.4 Å². The minimum atomic E-state index is -5.12. The fraction of sp³-hybridized carbons (Fsp3) is 0.179. The minimum Gasteiger partial charge on any atom is -0.397 e. The molecule has 0 unspecified atom stereocenters. The van der Waals surface area contributed by atoms with Crippen molar-refractivity contribution in [3.63, 3.8) is 0 Å². The van der Waals surface area contributed by atoms with Gasteiger partial charge in [0, 0.05) is 35.5 Å². The van der Waals surface area contributed by atoms with Gasteiger partial charge in [-0.2, -0.15) is 36.2 Å². The molecule has 0 saturated carbocycles. The van der Waals surface area contributed by atoms with Gasteiger partial charge >= 0.3 is 6.08 Å². The maximum absolute atomic E-state index is 14.3. The molecule has 1 aliphatic carbocycles. The molecule has 1 heterocycles. The Morgan fingerprint density at radius 1 is 0.804 bits per heavy atom. The van der Waals surface area contributed by atoms with Crippen LogP contribution in [-0.2, 0) is 20.2 Å². The third-order valence-electron chi connectivity index (χ3n) is 7.46. The van der Waals surface area contributed by atoms with Gasteiger partial charge in [0.1, 0.15) is 9.79 Å². The number of fused-ring (bicyclic) bond motifs is 2. The number of carbonyl (C=O) groups excluding carboxylic acids is 2. The highest BCUT2D eigenvalue weighted by atomic mass is 32.2. The number of nitrogens with zero attached hydrogens (tertiary/aromatic N) is 3. The quantitative estimate of drug-likeness (QED) is 0.102. The molecule has 3 aromatic carbocycles. The van der Waals surface area contributed by atoms with E-state index in [-0.39, 0.29) is 69.2 Å². The van der Waals surface area contributed by atoms with E-state index in [1.165, 1.54) is 45.0 Å². The Kier molecular flexibility index (Phi) is 8.12. The normalized spacial score (nSPS) is 12.9. The summed E-state index contributed by atoms with van der Waals surface area (Å²) >= 11 is 0. The lowest BCUT2D eigenvalue weighted by molar-refractivity contribution is 0.0980. The van der Waals surface area contributed by atoms with Crippen LogP contribution in [0.2, 0.25) is 0 Å². The molecular weight excluding hydrogens is 645 g/mol. The van der Waals surface area contributed by atoms with Gasteiger partial charge in [-0.05, 0) is 54.7 Å². The summed E-state index contributed by atoms with van der Waals surface area (Å²) in [4.78, 5) is 37.3. The number of hydrogen-bond donors (Lipinski definition) is 6. The predicted octanol–water partition coefficient (Wildman–Crippen LogP) is 2.57. The highest BCUT2D eigenvalue weighted by Crippen LogP contribution is 2.46. The molecule has 5 rings (SSSR count). The molecule has 240 valence electrons. The first-order chi connectivity index (χ1) is 21.5. The third kappa shape index (κ3) is 5.45. The van der Waals surface area contributed by atoms with Gasteiger partial charge in [-0.15, -0.1) is 0 Å². The molecule has 15 nitrogen and oxygen atoms in total. The smallest absolute Gasteiger partial charge is 0.315 e. The molecule has 1 aliphatic rings. The van der Waals surface area contributed by atoms with E-state index >= 15 is 0 Å². The van der Waals surface area contributed by atoms with E-state index < -0.39 is 64.9 Å². The van der Waals surface area contributed by atoms with E-state index in [1.807, 2.05) is 0 Å². The number of carbonyl (C=O) groups is 2. The number of halogens is 1. The zero-order valence-electron chi connectivity index (χ0n) is 24.3. The molecule has 0 radical (unpaired) electrons. The Balaban J connectivity index is 1.90. The number of ketones is 2. The highest BCUT2D eigenvalue weighted by Gasteiger charge is 2.38. The lowest BCUT2D eigenvalue weighted by atomic mass is 9.78. The topological polar surface area (TPSA) is 258 Å². The molecule has 46 heavy (non-hydrogen) atoms. The summed E-state index contributed by atoms with van der Waals surface area (Å²) in [5.41, 5.74) is 9.30. The van der Waals surface area contributed by atoms with Crippen LogP contribution in [0.15, 0.2) is 40.1 Å². The number of anilines is 4. The zero-order chi connectivity index (χ0) is 33.9. The van der Waals surface area contributed by atoms with Crippen molar-refractivity contribution in [1.82, 2.24) is 15.0 Å². The summed E-state index contributed by atoms with van der Waals surface area (Å²) in [5, 5.41) is 5.41. The van der Waals surface area contributed by atoms with Crippen molar-refractivity contribution in [3.8, 4) is 11.1 Å². The molecule has 0 bridgehead atoms. The van der Waals surface area contributed by atoms with Crippen molar-refractivity contribution in [1.29, 1.82) is 0 Å². The fourth-order valence-electron chi connectivity index (χ4n) is 5.66. The number of nitrogen functional groups attached to an aromatic ring is 1.